The molecule has 7 nitrogen and oxygen atoms in total. The normalized spacial score (nSPS) is 14.3. The maximum Gasteiger partial charge on any atom is 0.224 e. The van der Waals surface area contributed by atoms with Crippen LogP contribution in [0.3, 0.4) is 0 Å². The number of likely N-dealkylation sites (tertiary alicyclic amines) is 1. The molecule has 1 fully saturated rings. The van der Waals surface area contributed by atoms with Gasteiger partial charge in [0.2, 0.25) is 5.91 Å². The van der Waals surface area contributed by atoms with E-state index in [0.29, 0.717) is 23.3 Å². The van der Waals surface area contributed by atoms with Crippen LogP contribution in [0.2, 0.25) is 0 Å². The first kappa shape index (κ1) is 23.7. The largest absolute Gasteiger partial charge is 0.354 e. The topological polar surface area (TPSA) is 71.6 Å². The van der Waals surface area contributed by atoms with Crippen LogP contribution in [0.5, 0.6) is 0 Å². The Morgan fingerprint density at radius 1 is 1.15 bits per heavy atom. The molecule has 3 aromatic rings. The third-order valence-electron chi connectivity index (χ3n) is 6.25. The molecule has 4 rings (SSSR count). The monoisotopic (exact) mass is 457 g/mol. The van der Waals surface area contributed by atoms with E-state index in [2.05, 4.69) is 20.0 Å². The van der Waals surface area contributed by atoms with Gasteiger partial charge in [0.15, 0.2) is 11.5 Å². The molecule has 2 aromatic heterocycles. The predicted molar refractivity (Wildman–Crippen MR) is 134 cm³/mol. The van der Waals surface area contributed by atoms with Gasteiger partial charge in [0.05, 0.1) is 36.1 Å². The number of benzene rings is 1. The number of nitrogens with one attached hydrogen (secondary N) is 1. The van der Waals surface area contributed by atoms with Crippen molar-refractivity contribution in [3.8, 4) is 5.69 Å². The predicted octanol–water partition coefficient (Wildman–Crippen LogP) is 4.62. The highest BCUT2D eigenvalue weighted by Crippen LogP contribution is 2.30. The standard InChI is InChI=1S/C27H31N5O2/c1-18(2)30-25(34)15-20-14-23-27(29-16-20)26(24(33)17-31-12-6-5-7-13-31)19(3)32(23)22-10-8-21(28-4)9-11-22/h8-11,14,16,18H,5-7,12-13,15,17H2,1-3H3,(H,30,34). The first-order valence-electron chi connectivity index (χ1n) is 11.9. The lowest BCUT2D eigenvalue weighted by atomic mass is 10.1. The maximum atomic E-state index is 13.5. The van der Waals surface area contributed by atoms with E-state index in [1.165, 1.54) is 6.42 Å². The van der Waals surface area contributed by atoms with E-state index in [4.69, 9.17) is 6.57 Å². The molecule has 7 heteroatoms. The van der Waals surface area contributed by atoms with Crippen molar-refractivity contribution in [1.82, 2.24) is 19.8 Å². The van der Waals surface area contributed by atoms with Gasteiger partial charge in [-0.05, 0) is 70.5 Å². The second kappa shape index (κ2) is 10.2. The molecule has 34 heavy (non-hydrogen) atoms. The average molecular weight is 458 g/mol. The van der Waals surface area contributed by atoms with E-state index in [1.54, 1.807) is 18.3 Å². The molecule has 0 aliphatic carbocycles. The summed E-state index contributed by atoms with van der Waals surface area (Å²) in [5.41, 5.74) is 5.11. The van der Waals surface area contributed by atoms with E-state index < -0.39 is 0 Å². The number of piperidine rings is 1. The molecule has 1 aliphatic heterocycles. The molecular formula is C27H31N5O2. The van der Waals surface area contributed by atoms with Crippen molar-refractivity contribution in [2.75, 3.05) is 19.6 Å². The van der Waals surface area contributed by atoms with Crippen molar-refractivity contribution >= 4 is 28.4 Å². The van der Waals surface area contributed by atoms with Gasteiger partial charge >= 0.3 is 0 Å². The second-order valence-corrected chi connectivity index (χ2v) is 9.29. The molecule has 1 amide bonds. The fourth-order valence-corrected chi connectivity index (χ4v) is 4.72. The first-order chi connectivity index (χ1) is 16.4. The Bertz CT molecular complexity index is 1240. The lowest BCUT2D eigenvalue weighted by Gasteiger charge is -2.25. The third kappa shape index (κ3) is 5.02. The zero-order valence-corrected chi connectivity index (χ0v) is 20.1. The Labute approximate surface area is 200 Å². The van der Waals surface area contributed by atoms with E-state index in [9.17, 15) is 9.59 Å². The van der Waals surface area contributed by atoms with Gasteiger partial charge in [0.1, 0.15) is 0 Å². The summed E-state index contributed by atoms with van der Waals surface area (Å²) in [6.45, 7) is 15.3. The lowest BCUT2D eigenvalue weighted by molar-refractivity contribution is -0.120. The molecule has 0 atom stereocenters. The minimum Gasteiger partial charge on any atom is -0.354 e. The van der Waals surface area contributed by atoms with Crippen LogP contribution in [0.15, 0.2) is 36.5 Å². The zero-order chi connectivity index (χ0) is 24.2. The molecule has 1 N–H and O–H groups in total. The fraction of sp³-hybridized carbons (Fsp3) is 0.407. The van der Waals surface area contributed by atoms with Crippen molar-refractivity contribution < 1.29 is 9.59 Å². The number of nitrogens with zero attached hydrogens (tertiary/aromatic N) is 4. The summed E-state index contributed by atoms with van der Waals surface area (Å²) in [5.74, 6) is 0.00696. The van der Waals surface area contributed by atoms with E-state index in [0.717, 1.165) is 48.4 Å². The van der Waals surface area contributed by atoms with Crippen molar-refractivity contribution in [1.29, 1.82) is 0 Å². The third-order valence-corrected chi connectivity index (χ3v) is 6.25. The minimum absolute atomic E-state index is 0.0613. The highest BCUT2D eigenvalue weighted by molar-refractivity contribution is 6.09. The molecular weight excluding hydrogens is 426 g/mol. The summed E-state index contributed by atoms with van der Waals surface area (Å²) in [6, 6.07) is 9.34. The molecule has 1 aliphatic rings. The Morgan fingerprint density at radius 3 is 2.50 bits per heavy atom. The van der Waals surface area contributed by atoms with E-state index in [1.807, 2.05) is 43.5 Å². The highest BCUT2D eigenvalue weighted by atomic mass is 16.1. The number of hydrogen-bond acceptors (Lipinski definition) is 4. The van der Waals surface area contributed by atoms with Gasteiger partial charge in [0.25, 0.3) is 0 Å². The highest BCUT2D eigenvalue weighted by Gasteiger charge is 2.24. The quantitative estimate of drug-likeness (QED) is 0.415. The molecule has 0 bridgehead atoms. The number of amides is 1. The number of hydrogen-bond donors (Lipinski definition) is 1. The summed E-state index contributed by atoms with van der Waals surface area (Å²) >= 11 is 0. The fourth-order valence-electron chi connectivity index (χ4n) is 4.72. The van der Waals surface area contributed by atoms with Crippen LogP contribution in [0.1, 0.15) is 54.7 Å². The van der Waals surface area contributed by atoms with Crippen molar-refractivity contribution in [3.63, 3.8) is 0 Å². The van der Waals surface area contributed by atoms with Crippen LogP contribution in [-0.2, 0) is 11.2 Å². The minimum atomic E-state index is -0.0613. The SMILES string of the molecule is [C-]#[N+]c1ccc(-n2c(C)c(C(=O)CN3CCCCC3)c3ncc(CC(=O)NC(C)C)cc32)cc1. The molecule has 1 aromatic carbocycles. The number of aromatic nitrogens is 2. The first-order valence-corrected chi connectivity index (χ1v) is 11.9. The van der Waals surface area contributed by atoms with Crippen LogP contribution in [-0.4, -0.2) is 51.8 Å². The Morgan fingerprint density at radius 2 is 1.85 bits per heavy atom. The maximum absolute atomic E-state index is 13.5. The summed E-state index contributed by atoms with van der Waals surface area (Å²) in [5, 5.41) is 2.92. The second-order valence-electron chi connectivity index (χ2n) is 9.29. The number of pyridine rings is 1. The van der Waals surface area contributed by atoms with Gasteiger partial charge in [-0.25, -0.2) is 4.85 Å². The molecule has 3 heterocycles. The van der Waals surface area contributed by atoms with Gasteiger partial charge in [-0.3, -0.25) is 19.5 Å². The number of carbonyl (C=O) groups excluding carboxylic acids is 2. The average Bonchev–Trinajstić information content (AvgIpc) is 3.10. The van der Waals surface area contributed by atoms with Crippen molar-refractivity contribution in [2.24, 2.45) is 0 Å². The molecule has 0 saturated carbocycles. The molecule has 0 unspecified atom stereocenters. The van der Waals surface area contributed by atoms with E-state index in [-0.39, 0.29) is 24.2 Å². The van der Waals surface area contributed by atoms with Crippen LogP contribution in [0, 0.1) is 13.5 Å². The summed E-state index contributed by atoms with van der Waals surface area (Å²) < 4.78 is 2.02. The molecule has 176 valence electrons. The Balaban J connectivity index is 1.78. The van der Waals surface area contributed by atoms with Gasteiger partial charge in [-0.2, -0.15) is 0 Å². The smallest absolute Gasteiger partial charge is 0.224 e. The number of Topliss-reactive ketones (excluding diaryl/α,β-unsaturated/α-hetero) is 1. The van der Waals surface area contributed by atoms with Gasteiger partial charge in [-0.15, -0.1) is 0 Å². The molecule has 0 spiro atoms. The van der Waals surface area contributed by atoms with Crippen molar-refractivity contribution in [2.45, 2.75) is 52.5 Å². The van der Waals surface area contributed by atoms with Crippen LogP contribution in [0.4, 0.5) is 5.69 Å². The van der Waals surface area contributed by atoms with Gasteiger partial charge < -0.3 is 9.88 Å². The number of ketones is 1. The van der Waals surface area contributed by atoms with Crippen LogP contribution < -0.4 is 5.32 Å². The van der Waals surface area contributed by atoms with Crippen LogP contribution >= 0.6 is 0 Å². The van der Waals surface area contributed by atoms with Gasteiger partial charge in [-0.1, -0.05) is 18.6 Å². The van der Waals surface area contributed by atoms with Crippen LogP contribution in [0.25, 0.3) is 21.6 Å². The summed E-state index contributed by atoms with van der Waals surface area (Å²) in [7, 11) is 0. The lowest BCUT2D eigenvalue weighted by Crippen LogP contribution is -2.34. The van der Waals surface area contributed by atoms with E-state index >= 15 is 0 Å². The molecule has 1 saturated heterocycles. The Kier molecular flexibility index (Phi) is 7.09. The van der Waals surface area contributed by atoms with Crippen molar-refractivity contribution in [3.05, 3.63) is 64.8 Å². The number of carbonyl (C=O) groups is 2. The zero-order valence-electron chi connectivity index (χ0n) is 20.1. The summed E-state index contributed by atoms with van der Waals surface area (Å²) in [6.07, 6.45) is 5.39. The Hall–Kier alpha value is -3.50. The molecule has 0 radical (unpaired) electrons. The summed E-state index contributed by atoms with van der Waals surface area (Å²) in [4.78, 5) is 36.2. The number of rotatable bonds is 7. The van der Waals surface area contributed by atoms with Gasteiger partial charge in [0, 0.05) is 23.6 Å². The number of fused-ring (bicyclic) bond motifs is 1.